The Balaban J connectivity index is 1.92. The van der Waals surface area contributed by atoms with Crippen molar-refractivity contribution in [2.75, 3.05) is 6.54 Å². The fraction of sp³-hybridized carbons (Fsp3) is 0.500. The Bertz CT molecular complexity index is 565. The maximum Gasteiger partial charge on any atom is 0.257 e. The van der Waals surface area contributed by atoms with Gasteiger partial charge in [0.05, 0.1) is 0 Å². The summed E-state index contributed by atoms with van der Waals surface area (Å²) in [5.74, 6) is 0.824. The number of fused-ring (bicyclic) bond motifs is 1. The van der Waals surface area contributed by atoms with E-state index in [0.717, 1.165) is 30.9 Å². The number of hydrogen-bond acceptors (Lipinski definition) is 3. The molecule has 2 aromatic heterocycles. The van der Waals surface area contributed by atoms with Crippen LogP contribution in [0.4, 0.5) is 0 Å². The number of H-pyrrole nitrogens is 1. The third-order valence-electron chi connectivity index (χ3n) is 3.35. The van der Waals surface area contributed by atoms with E-state index in [4.69, 9.17) is 0 Å². The molecule has 1 saturated heterocycles. The molecule has 3 heterocycles. The van der Waals surface area contributed by atoms with Gasteiger partial charge in [-0.25, -0.2) is 4.40 Å². The molecule has 0 amide bonds. The van der Waals surface area contributed by atoms with Gasteiger partial charge in [-0.3, -0.25) is 9.89 Å². The maximum absolute atomic E-state index is 11.8. The molecule has 0 bridgehead atoms. The Hall–Kier alpha value is -1.62. The fourth-order valence-electron chi connectivity index (χ4n) is 2.47. The molecule has 0 aliphatic carbocycles. The lowest BCUT2D eigenvalue weighted by Crippen LogP contribution is -2.36. The van der Waals surface area contributed by atoms with E-state index in [1.165, 1.54) is 12.8 Å². The number of hydrogen-bond donors (Lipinski definition) is 2. The Morgan fingerprint density at radius 2 is 2.35 bits per heavy atom. The van der Waals surface area contributed by atoms with Crippen molar-refractivity contribution < 1.29 is 0 Å². The first-order valence-electron chi connectivity index (χ1n) is 6.13. The highest BCUT2D eigenvalue weighted by Crippen LogP contribution is 2.11. The molecular weight excluding hydrogens is 216 g/mol. The summed E-state index contributed by atoms with van der Waals surface area (Å²) in [5.41, 5.74) is 0.755. The molecule has 1 fully saturated rings. The number of aromatic amines is 1. The second-order valence-electron chi connectivity index (χ2n) is 4.58. The van der Waals surface area contributed by atoms with E-state index in [-0.39, 0.29) is 5.56 Å². The van der Waals surface area contributed by atoms with Crippen molar-refractivity contribution in [1.29, 1.82) is 0 Å². The highest BCUT2D eigenvalue weighted by Gasteiger charge is 2.16. The van der Waals surface area contributed by atoms with Crippen LogP contribution < -0.4 is 10.9 Å². The maximum atomic E-state index is 11.8. The van der Waals surface area contributed by atoms with E-state index in [2.05, 4.69) is 15.5 Å². The van der Waals surface area contributed by atoms with Crippen molar-refractivity contribution in [1.82, 2.24) is 19.9 Å². The molecule has 1 aliphatic rings. The van der Waals surface area contributed by atoms with E-state index in [9.17, 15) is 4.79 Å². The lowest BCUT2D eigenvalue weighted by atomic mass is 10.0. The zero-order valence-electron chi connectivity index (χ0n) is 9.65. The normalized spacial score (nSPS) is 20.8. The van der Waals surface area contributed by atoms with Gasteiger partial charge in [0.2, 0.25) is 0 Å². The second kappa shape index (κ2) is 4.33. The molecule has 5 heteroatoms. The van der Waals surface area contributed by atoms with Crippen molar-refractivity contribution in [3.05, 3.63) is 34.4 Å². The van der Waals surface area contributed by atoms with Gasteiger partial charge in [0.1, 0.15) is 11.5 Å². The molecule has 5 nitrogen and oxygen atoms in total. The average molecular weight is 232 g/mol. The molecule has 3 rings (SSSR count). The SMILES string of the molecule is O=c1cccc2[nH]nc(CC3CCCCN3)n12. The Labute approximate surface area is 98.9 Å². The van der Waals surface area contributed by atoms with Gasteiger partial charge in [0.25, 0.3) is 5.56 Å². The topological polar surface area (TPSA) is 62.2 Å². The largest absolute Gasteiger partial charge is 0.314 e. The van der Waals surface area contributed by atoms with Crippen LogP contribution in [0.15, 0.2) is 23.0 Å². The third-order valence-corrected chi connectivity index (χ3v) is 3.35. The van der Waals surface area contributed by atoms with E-state index < -0.39 is 0 Å². The van der Waals surface area contributed by atoms with Crippen LogP contribution in [0, 0.1) is 0 Å². The average Bonchev–Trinajstić information content (AvgIpc) is 2.75. The van der Waals surface area contributed by atoms with Crippen molar-refractivity contribution in [2.24, 2.45) is 0 Å². The summed E-state index contributed by atoms with van der Waals surface area (Å²) in [6.45, 7) is 1.07. The zero-order chi connectivity index (χ0) is 11.7. The summed E-state index contributed by atoms with van der Waals surface area (Å²) in [4.78, 5) is 11.8. The van der Waals surface area contributed by atoms with Crippen LogP contribution in [0.3, 0.4) is 0 Å². The van der Waals surface area contributed by atoms with E-state index in [1.54, 1.807) is 16.5 Å². The summed E-state index contributed by atoms with van der Waals surface area (Å²) in [6.07, 6.45) is 4.48. The van der Waals surface area contributed by atoms with Gasteiger partial charge in [-0.05, 0) is 25.5 Å². The monoisotopic (exact) mass is 232 g/mol. The number of pyridine rings is 1. The van der Waals surface area contributed by atoms with Crippen LogP contribution in [0.25, 0.3) is 5.65 Å². The standard InChI is InChI=1S/C12H16N4O/c17-12-6-3-5-10-14-15-11(16(10)12)8-9-4-1-2-7-13-9/h3,5-6,9,13-14H,1-2,4,7-8H2. The minimum atomic E-state index is -0.0120. The van der Waals surface area contributed by atoms with Crippen molar-refractivity contribution in [3.8, 4) is 0 Å². The van der Waals surface area contributed by atoms with Crippen molar-refractivity contribution >= 4 is 5.65 Å². The predicted molar refractivity (Wildman–Crippen MR) is 65.2 cm³/mol. The molecule has 1 aliphatic heterocycles. The lowest BCUT2D eigenvalue weighted by molar-refractivity contribution is 0.393. The molecule has 2 aromatic rings. The molecule has 1 unspecified atom stereocenters. The fourth-order valence-corrected chi connectivity index (χ4v) is 2.47. The highest BCUT2D eigenvalue weighted by atomic mass is 16.1. The summed E-state index contributed by atoms with van der Waals surface area (Å²) >= 11 is 0. The van der Waals surface area contributed by atoms with Gasteiger partial charge < -0.3 is 5.32 Å². The first-order chi connectivity index (χ1) is 8.34. The first-order valence-corrected chi connectivity index (χ1v) is 6.13. The van der Waals surface area contributed by atoms with E-state index in [1.807, 2.05) is 6.07 Å². The summed E-state index contributed by atoms with van der Waals surface area (Å²) in [7, 11) is 0. The Kier molecular flexibility index (Phi) is 2.68. The smallest absolute Gasteiger partial charge is 0.257 e. The van der Waals surface area contributed by atoms with Gasteiger partial charge in [-0.2, -0.15) is 5.10 Å². The van der Waals surface area contributed by atoms with Crippen LogP contribution in [0.1, 0.15) is 25.1 Å². The quantitative estimate of drug-likeness (QED) is 0.801. The Morgan fingerprint density at radius 1 is 1.41 bits per heavy atom. The van der Waals surface area contributed by atoms with Crippen molar-refractivity contribution in [2.45, 2.75) is 31.7 Å². The van der Waals surface area contributed by atoms with Crippen molar-refractivity contribution in [3.63, 3.8) is 0 Å². The van der Waals surface area contributed by atoms with Gasteiger partial charge in [0, 0.05) is 18.5 Å². The molecule has 0 aromatic carbocycles. The number of aromatic nitrogens is 3. The molecule has 90 valence electrons. The van der Waals surface area contributed by atoms with Crippen LogP contribution in [0.2, 0.25) is 0 Å². The highest BCUT2D eigenvalue weighted by molar-refractivity contribution is 5.37. The second-order valence-corrected chi connectivity index (χ2v) is 4.58. The van der Waals surface area contributed by atoms with Gasteiger partial charge in [0.15, 0.2) is 0 Å². The minimum Gasteiger partial charge on any atom is -0.314 e. The Morgan fingerprint density at radius 3 is 3.18 bits per heavy atom. The number of piperidine rings is 1. The summed E-state index contributed by atoms with van der Waals surface area (Å²) in [5, 5.41) is 10.6. The third kappa shape index (κ3) is 1.98. The molecule has 0 radical (unpaired) electrons. The van der Waals surface area contributed by atoms with Gasteiger partial charge in [-0.1, -0.05) is 12.5 Å². The molecule has 2 N–H and O–H groups in total. The van der Waals surface area contributed by atoms with E-state index >= 15 is 0 Å². The molecular formula is C12H16N4O. The summed E-state index contributed by atoms with van der Waals surface area (Å²) < 4.78 is 1.66. The van der Waals surface area contributed by atoms with E-state index in [0.29, 0.717) is 6.04 Å². The summed E-state index contributed by atoms with van der Waals surface area (Å²) in [6, 6.07) is 5.63. The molecule has 17 heavy (non-hydrogen) atoms. The molecule has 0 spiro atoms. The first kappa shape index (κ1) is 10.5. The van der Waals surface area contributed by atoms with Gasteiger partial charge >= 0.3 is 0 Å². The number of nitrogens with one attached hydrogen (secondary N) is 2. The number of nitrogens with zero attached hydrogens (tertiary/aromatic N) is 2. The van der Waals surface area contributed by atoms with Crippen LogP contribution >= 0.6 is 0 Å². The predicted octanol–water partition coefficient (Wildman–Crippen LogP) is 0.707. The van der Waals surface area contributed by atoms with Crippen LogP contribution in [-0.4, -0.2) is 27.2 Å². The lowest BCUT2D eigenvalue weighted by Gasteiger charge is -2.22. The van der Waals surface area contributed by atoms with Crippen LogP contribution in [0.5, 0.6) is 0 Å². The number of rotatable bonds is 2. The minimum absolute atomic E-state index is 0.0120. The zero-order valence-corrected chi connectivity index (χ0v) is 9.65. The van der Waals surface area contributed by atoms with Crippen LogP contribution in [-0.2, 0) is 6.42 Å². The molecule has 0 saturated carbocycles. The van der Waals surface area contributed by atoms with Gasteiger partial charge in [-0.15, -0.1) is 0 Å². The molecule has 1 atom stereocenters.